The highest BCUT2D eigenvalue weighted by atomic mass is 35.5. The molecule has 0 aliphatic rings. The van der Waals surface area contributed by atoms with Crippen molar-refractivity contribution in [3.8, 4) is 0 Å². The van der Waals surface area contributed by atoms with E-state index < -0.39 is 5.91 Å². The molecule has 3 N–H and O–H groups in total. The lowest BCUT2D eigenvalue weighted by Gasteiger charge is -2.01. The Bertz CT molecular complexity index is 854. The van der Waals surface area contributed by atoms with Crippen LogP contribution in [0.5, 0.6) is 0 Å². The van der Waals surface area contributed by atoms with Gasteiger partial charge >= 0.3 is 0 Å². The van der Waals surface area contributed by atoms with Crippen LogP contribution >= 0.6 is 34.7 Å². The molecule has 2 heterocycles. The highest BCUT2D eigenvalue weighted by Gasteiger charge is 2.15. The maximum Gasteiger partial charge on any atom is 0.279 e. The van der Waals surface area contributed by atoms with Crippen LogP contribution in [-0.2, 0) is 5.75 Å². The van der Waals surface area contributed by atoms with Gasteiger partial charge in [-0.05, 0) is 17.7 Å². The van der Waals surface area contributed by atoms with Crippen LogP contribution in [0.3, 0.4) is 0 Å². The Morgan fingerprint density at radius 1 is 1.21 bits per heavy atom. The summed E-state index contributed by atoms with van der Waals surface area (Å²) in [5.41, 5.74) is 6.80. The molecule has 0 fully saturated rings. The van der Waals surface area contributed by atoms with Crippen LogP contribution in [0.15, 0.2) is 41.0 Å². The van der Waals surface area contributed by atoms with Crippen LogP contribution in [0.2, 0.25) is 5.02 Å². The smallest absolute Gasteiger partial charge is 0.279 e. The number of rotatable bonds is 5. The van der Waals surface area contributed by atoms with Crippen LogP contribution in [-0.4, -0.2) is 26.1 Å². The lowest BCUT2D eigenvalue weighted by molar-refractivity contribution is 0.102. The number of hydrogen-bond acceptors (Lipinski definition) is 8. The van der Waals surface area contributed by atoms with Crippen LogP contribution in [0.4, 0.5) is 10.9 Å². The number of carbonyl (C=O) groups is 1. The molecule has 0 aliphatic heterocycles. The number of nitrogens with one attached hydrogen (secondary N) is 1. The van der Waals surface area contributed by atoms with E-state index in [9.17, 15) is 4.79 Å². The zero-order valence-electron chi connectivity index (χ0n) is 12.1. The molecule has 7 nitrogen and oxygen atoms in total. The Morgan fingerprint density at radius 3 is 2.71 bits per heavy atom. The summed E-state index contributed by atoms with van der Waals surface area (Å²) < 4.78 is 0.743. The predicted molar refractivity (Wildman–Crippen MR) is 95.3 cm³/mol. The minimum Gasteiger partial charge on any atom is -0.382 e. The molecule has 0 radical (unpaired) electrons. The average Bonchev–Trinajstić information content (AvgIpc) is 3.02. The van der Waals surface area contributed by atoms with Crippen molar-refractivity contribution < 1.29 is 4.79 Å². The summed E-state index contributed by atoms with van der Waals surface area (Å²) in [7, 11) is 0. The molecule has 0 spiro atoms. The van der Waals surface area contributed by atoms with E-state index in [0.717, 1.165) is 15.7 Å². The van der Waals surface area contributed by atoms with E-state index in [4.69, 9.17) is 17.3 Å². The monoisotopic (exact) mass is 378 g/mol. The van der Waals surface area contributed by atoms with E-state index in [1.165, 1.54) is 35.5 Å². The third kappa shape index (κ3) is 4.19. The highest BCUT2D eigenvalue weighted by Crippen LogP contribution is 2.28. The Hall–Kier alpha value is -2.23. The van der Waals surface area contributed by atoms with Gasteiger partial charge in [0.2, 0.25) is 5.13 Å². The molecule has 2 aromatic heterocycles. The standard InChI is InChI=1S/C14H11ClN6OS2/c15-9-3-1-8(2-4-9)7-23-14-21-20-13(24-14)19-12(22)10-11(16)18-6-5-17-10/h1-6H,7H2,(H2,16,18)(H,19,20,22). The van der Waals surface area contributed by atoms with Crippen molar-refractivity contribution >= 4 is 51.6 Å². The van der Waals surface area contributed by atoms with E-state index in [2.05, 4.69) is 25.5 Å². The molecule has 1 aromatic carbocycles. The first-order valence-electron chi connectivity index (χ1n) is 6.70. The van der Waals surface area contributed by atoms with E-state index in [0.29, 0.717) is 10.2 Å². The van der Waals surface area contributed by atoms with Crippen molar-refractivity contribution in [3.05, 3.63) is 52.9 Å². The van der Waals surface area contributed by atoms with Gasteiger partial charge in [0.25, 0.3) is 5.91 Å². The Balaban J connectivity index is 1.60. The van der Waals surface area contributed by atoms with Crippen LogP contribution < -0.4 is 11.1 Å². The van der Waals surface area contributed by atoms with Crippen molar-refractivity contribution in [3.63, 3.8) is 0 Å². The molecule has 0 saturated carbocycles. The Labute approximate surface area is 150 Å². The fourth-order valence-electron chi connectivity index (χ4n) is 1.72. The first-order valence-corrected chi connectivity index (χ1v) is 8.88. The molecule has 24 heavy (non-hydrogen) atoms. The number of nitrogens with zero attached hydrogens (tertiary/aromatic N) is 4. The van der Waals surface area contributed by atoms with Gasteiger partial charge in [-0.15, -0.1) is 10.2 Å². The summed E-state index contributed by atoms with van der Waals surface area (Å²) in [6.07, 6.45) is 2.82. The minimum atomic E-state index is -0.467. The van der Waals surface area contributed by atoms with Gasteiger partial charge in [0.15, 0.2) is 15.9 Å². The molecular formula is C14H11ClN6OS2. The normalized spacial score (nSPS) is 10.5. The number of halogens is 1. The number of thioether (sulfide) groups is 1. The predicted octanol–water partition coefficient (Wildman–Crippen LogP) is 3.11. The topological polar surface area (TPSA) is 107 Å². The van der Waals surface area contributed by atoms with Gasteiger partial charge in [-0.25, -0.2) is 9.97 Å². The number of hydrogen-bond donors (Lipinski definition) is 2. The van der Waals surface area contributed by atoms with E-state index >= 15 is 0 Å². The first kappa shape index (κ1) is 16.6. The Kier molecular flexibility index (Phi) is 5.24. The number of nitrogen functional groups attached to an aromatic ring is 1. The number of anilines is 2. The number of amides is 1. The number of benzene rings is 1. The molecular weight excluding hydrogens is 368 g/mol. The summed E-state index contributed by atoms with van der Waals surface area (Å²) in [5.74, 6) is 0.333. The van der Waals surface area contributed by atoms with Gasteiger partial charge in [-0.3, -0.25) is 10.1 Å². The third-order valence-corrected chi connectivity index (χ3v) is 5.14. The third-order valence-electron chi connectivity index (χ3n) is 2.84. The molecule has 3 rings (SSSR count). The largest absolute Gasteiger partial charge is 0.382 e. The maximum absolute atomic E-state index is 12.1. The summed E-state index contributed by atoms with van der Waals surface area (Å²) in [4.78, 5) is 19.8. The molecule has 1 amide bonds. The van der Waals surface area contributed by atoms with E-state index in [1.807, 2.05) is 24.3 Å². The molecule has 10 heteroatoms. The van der Waals surface area contributed by atoms with Crippen LogP contribution in [0.25, 0.3) is 0 Å². The van der Waals surface area contributed by atoms with Crippen LogP contribution in [0, 0.1) is 0 Å². The lowest BCUT2D eigenvalue weighted by atomic mass is 10.2. The van der Waals surface area contributed by atoms with Gasteiger partial charge < -0.3 is 5.73 Å². The maximum atomic E-state index is 12.1. The van der Waals surface area contributed by atoms with Crippen molar-refractivity contribution in [2.24, 2.45) is 0 Å². The summed E-state index contributed by atoms with van der Waals surface area (Å²) in [6, 6.07) is 7.59. The minimum absolute atomic E-state index is 0.0584. The SMILES string of the molecule is Nc1nccnc1C(=O)Nc1nnc(SCc2ccc(Cl)cc2)s1. The van der Waals surface area contributed by atoms with Crippen molar-refractivity contribution in [1.29, 1.82) is 0 Å². The summed E-state index contributed by atoms with van der Waals surface area (Å²) in [6.45, 7) is 0. The lowest BCUT2D eigenvalue weighted by Crippen LogP contribution is -2.16. The quantitative estimate of drug-likeness (QED) is 0.518. The number of aromatic nitrogens is 4. The number of nitrogens with two attached hydrogens (primary N) is 1. The van der Waals surface area contributed by atoms with Crippen molar-refractivity contribution in [2.75, 3.05) is 11.1 Å². The van der Waals surface area contributed by atoms with Gasteiger partial charge in [-0.2, -0.15) is 0 Å². The van der Waals surface area contributed by atoms with Gasteiger partial charge in [0.05, 0.1) is 0 Å². The molecule has 3 aromatic rings. The molecule has 0 aliphatic carbocycles. The Morgan fingerprint density at radius 2 is 1.96 bits per heavy atom. The number of carbonyl (C=O) groups excluding carboxylic acids is 1. The molecule has 0 bridgehead atoms. The zero-order valence-corrected chi connectivity index (χ0v) is 14.5. The van der Waals surface area contributed by atoms with Crippen LogP contribution in [0.1, 0.15) is 16.1 Å². The van der Waals surface area contributed by atoms with E-state index in [1.54, 1.807) is 0 Å². The van der Waals surface area contributed by atoms with Gasteiger partial charge in [0, 0.05) is 23.2 Å². The van der Waals surface area contributed by atoms with Crippen molar-refractivity contribution in [2.45, 2.75) is 10.1 Å². The second-order valence-corrected chi connectivity index (χ2v) is 7.17. The van der Waals surface area contributed by atoms with Crippen molar-refractivity contribution in [1.82, 2.24) is 20.2 Å². The zero-order chi connectivity index (χ0) is 16.9. The molecule has 122 valence electrons. The summed E-state index contributed by atoms with van der Waals surface area (Å²) >= 11 is 8.66. The summed E-state index contributed by atoms with van der Waals surface area (Å²) in [5, 5.41) is 11.7. The van der Waals surface area contributed by atoms with Gasteiger partial charge in [-0.1, -0.05) is 46.8 Å². The average molecular weight is 379 g/mol. The first-order chi connectivity index (χ1) is 11.6. The van der Waals surface area contributed by atoms with Gasteiger partial charge in [0.1, 0.15) is 0 Å². The van der Waals surface area contributed by atoms with E-state index in [-0.39, 0.29) is 11.5 Å². The second-order valence-electron chi connectivity index (χ2n) is 4.53. The molecule has 0 saturated heterocycles. The fraction of sp³-hybridized carbons (Fsp3) is 0.0714. The molecule has 0 unspecified atom stereocenters. The fourth-order valence-corrected chi connectivity index (χ4v) is 3.55. The highest BCUT2D eigenvalue weighted by molar-refractivity contribution is 8.00. The second kappa shape index (κ2) is 7.56. The molecule has 0 atom stereocenters.